The van der Waals surface area contributed by atoms with Crippen LogP contribution in [0, 0.1) is 6.92 Å². The van der Waals surface area contributed by atoms with Gasteiger partial charge in [-0.1, -0.05) is 40.6 Å². The van der Waals surface area contributed by atoms with Crippen molar-refractivity contribution in [1.82, 2.24) is 29.8 Å². The Balaban J connectivity index is 1.45. The topological polar surface area (TPSA) is 73.5 Å². The number of halogens is 2. The van der Waals surface area contributed by atoms with Crippen LogP contribution in [0.3, 0.4) is 0 Å². The lowest BCUT2D eigenvalue weighted by molar-refractivity contribution is 0.554. The molecule has 0 saturated heterocycles. The Labute approximate surface area is 175 Å². The molecule has 144 valence electrons. The maximum absolute atomic E-state index is 6.24. The molecule has 0 bridgehead atoms. The third-order valence-corrected chi connectivity index (χ3v) is 5.91. The standard InChI is InChI=1S/C18H17Cl2N7S/c1-11-6-9-27(24-11)12(2)17-22-23-18(28-17)21-16-7-8-26(25-16)10-13-14(19)4-3-5-15(13)20/h3-9,12H,10H2,1-2H3,(H,21,23,25). The van der Waals surface area contributed by atoms with Crippen molar-refractivity contribution in [2.75, 3.05) is 5.32 Å². The molecule has 1 atom stereocenters. The van der Waals surface area contributed by atoms with E-state index in [2.05, 4.69) is 25.7 Å². The predicted octanol–water partition coefficient (Wildman–Crippen LogP) is 4.95. The minimum absolute atomic E-state index is 0.0154. The van der Waals surface area contributed by atoms with Gasteiger partial charge in [-0.2, -0.15) is 10.2 Å². The van der Waals surface area contributed by atoms with Gasteiger partial charge in [0.25, 0.3) is 0 Å². The van der Waals surface area contributed by atoms with Gasteiger partial charge in [0.1, 0.15) is 11.0 Å². The van der Waals surface area contributed by atoms with Crippen LogP contribution in [0.25, 0.3) is 0 Å². The molecule has 3 aromatic heterocycles. The van der Waals surface area contributed by atoms with Crippen molar-refractivity contribution in [2.24, 2.45) is 0 Å². The Kier molecular flexibility index (Phi) is 5.34. The van der Waals surface area contributed by atoms with Crippen LogP contribution < -0.4 is 5.32 Å². The molecule has 28 heavy (non-hydrogen) atoms. The van der Waals surface area contributed by atoms with Crippen LogP contribution in [-0.4, -0.2) is 29.8 Å². The number of hydrogen-bond acceptors (Lipinski definition) is 6. The number of nitrogens with one attached hydrogen (secondary N) is 1. The van der Waals surface area contributed by atoms with E-state index in [0.717, 1.165) is 16.3 Å². The highest BCUT2D eigenvalue weighted by atomic mass is 35.5. The van der Waals surface area contributed by atoms with Crippen LogP contribution in [0.15, 0.2) is 42.7 Å². The molecule has 3 heterocycles. The van der Waals surface area contributed by atoms with Crippen molar-refractivity contribution in [2.45, 2.75) is 26.4 Å². The number of aromatic nitrogens is 6. The van der Waals surface area contributed by atoms with Gasteiger partial charge in [0.05, 0.1) is 12.2 Å². The molecule has 0 radical (unpaired) electrons. The van der Waals surface area contributed by atoms with E-state index < -0.39 is 0 Å². The molecule has 0 aliphatic rings. The SMILES string of the molecule is Cc1ccn(C(C)c2nnc(Nc3ccn(Cc4c(Cl)cccc4Cl)n3)s2)n1. The van der Waals surface area contributed by atoms with Crippen LogP contribution in [0.1, 0.15) is 29.2 Å². The van der Waals surface area contributed by atoms with E-state index in [9.17, 15) is 0 Å². The fourth-order valence-corrected chi connectivity index (χ4v) is 4.00. The molecule has 4 aromatic rings. The normalized spacial score (nSPS) is 12.3. The highest BCUT2D eigenvalue weighted by molar-refractivity contribution is 7.15. The maximum Gasteiger partial charge on any atom is 0.211 e. The highest BCUT2D eigenvalue weighted by Crippen LogP contribution is 2.27. The van der Waals surface area contributed by atoms with Gasteiger partial charge in [0, 0.05) is 34.1 Å². The van der Waals surface area contributed by atoms with Crippen LogP contribution in [0.2, 0.25) is 10.0 Å². The number of rotatable bonds is 6. The largest absolute Gasteiger partial charge is 0.313 e. The van der Waals surface area contributed by atoms with Gasteiger partial charge in [0.15, 0.2) is 5.82 Å². The lowest BCUT2D eigenvalue weighted by Crippen LogP contribution is -2.07. The Morgan fingerprint density at radius 3 is 2.57 bits per heavy atom. The third kappa shape index (κ3) is 4.04. The molecule has 0 spiro atoms. The lowest BCUT2D eigenvalue weighted by Gasteiger charge is -2.07. The van der Waals surface area contributed by atoms with Gasteiger partial charge in [-0.15, -0.1) is 10.2 Å². The Hall–Kier alpha value is -2.42. The summed E-state index contributed by atoms with van der Waals surface area (Å²) >= 11 is 13.9. The van der Waals surface area contributed by atoms with Crippen LogP contribution in [0.5, 0.6) is 0 Å². The second-order valence-corrected chi connectivity index (χ2v) is 8.11. The zero-order valence-electron chi connectivity index (χ0n) is 15.2. The first-order valence-corrected chi connectivity index (χ1v) is 10.2. The van der Waals surface area contributed by atoms with Crippen molar-refractivity contribution in [3.63, 3.8) is 0 Å². The summed E-state index contributed by atoms with van der Waals surface area (Å²) in [7, 11) is 0. The first-order chi connectivity index (χ1) is 13.5. The number of hydrogen-bond donors (Lipinski definition) is 1. The number of aryl methyl sites for hydroxylation is 1. The zero-order chi connectivity index (χ0) is 19.7. The highest BCUT2D eigenvalue weighted by Gasteiger charge is 2.15. The number of anilines is 2. The van der Waals surface area contributed by atoms with Crippen molar-refractivity contribution in [3.05, 3.63) is 69.0 Å². The summed E-state index contributed by atoms with van der Waals surface area (Å²) in [5.41, 5.74) is 1.81. The molecule has 0 fully saturated rings. The summed E-state index contributed by atoms with van der Waals surface area (Å²) in [5, 5.41) is 23.4. The number of nitrogens with zero attached hydrogens (tertiary/aromatic N) is 6. The van der Waals surface area contributed by atoms with Gasteiger partial charge >= 0.3 is 0 Å². The first kappa shape index (κ1) is 18.9. The van der Waals surface area contributed by atoms with Gasteiger partial charge < -0.3 is 5.32 Å². The first-order valence-electron chi connectivity index (χ1n) is 8.58. The molecule has 1 N–H and O–H groups in total. The van der Waals surface area contributed by atoms with E-state index in [1.165, 1.54) is 11.3 Å². The summed E-state index contributed by atoms with van der Waals surface area (Å²) < 4.78 is 3.65. The quantitative estimate of drug-likeness (QED) is 0.465. The summed E-state index contributed by atoms with van der Waals surface area (Å²) in [6, 6.07) is 9.30. The summed E-state index contributed by atoms with van der Waals surface area (Å²) in [6.45, 7) is 4.48. The molecule has 0 aliphatic heterocycles. The van der Waals surface area contributed by atoms with E-state index in [1.54, 1.807) is 4.68 Å². The molecular weight excluding hydrogens is 417 g/mol. The Bertz CT molecular complexity index is 1080. The molecule has 1 unspecified atom stereocenters. The van der Waals surface area contributed by atoms with E-state index >= 15 is 0 Å². The average molecular weight is 434 g/mol. The zero-order valence-corrected chi connectivity index (χ0v) is 17.5. The van der Waals surface area contributed by atoms with E-state index in [1.807, 2.05) is 61.3 Å². The van der Waals surface area contributed by atoms with Crippen molar-refractivity contribution in [1.29, 1.82) is 0 Å². The molecule has 1 aromatic carbocycles. The monoisotopic (exact) mass is 433 g/mol. The minimum atomic E-state index is 0.0154. The molecule has 7 nitrogen and oxygen atoms in total. The summed E-state index contributed by atoms with van der Waals surface area (Å²) in [6.07, 6.45) is 3.80. The molecule has 4 rings (SSSR count). The summed E-state index contributed by atoms with van der Waals surface area (Å²) in [5.74, 6) is 0.675. The fraction of sp³-hybridized carbons (Fsp3) is 0.222. The second-order valence-electron chi connectivity index (χ2n) is 6.28. The Morgan fingerprint density at radius 1 is 1.07 bits per heavy atom. The van der Waals surface area contributed by atoms with Crippen LogP contribution in [-0.2, 0) is 6.54 Å². The van der Waals surface area contributed by atoms with Gasteiger partial charge in [-0.05, 0) is 32.0 Å². The van der Waals surface area contributed by atoms with E-state index in [0.29, 0.717) is 27.5 Å². The van der Waals surface area contributed by atoms with Gasteiger partial charge in [-0.3, -0.25) is 9.36 Å². The molecular formula is C18H17Cl2N7S. The van der Waals surface area contributed by atoms with E-state index in [4.69, 9.17) is 23.2 Å². The van der Waals surface area contributed by atoms with Crippen molar-refractivity contribution in [3.8, 4) is 0 Å². The average Bonchev–Trinajstić information content (AvgIpc) is 3.40. The smallest absolute Gasteiger partial charge is 0.211 e. The lowest BCUT2D eigenvalue weighted by atomic mass is 10.2. The predicted molar refractivity (Wildman–Crippen MR) is 112 cm³/mol. The number of benzene rings is 1. The maximum atomic E-state index is 6.24. The second kappa shape index (κ2) is 7.90. The van der Waals surface area contributed by atoms with Gasteiger partial charge in [-0.25, -0.2) is 0 Å². The van der Waals surface area contributed by atoms with E-state index in [-0.39, 0.29) is 6.04 Å². The molecule has 0 amide bonds. The fourth-order valence-electron chi connectivity index (χ4n) is 2.69. The van der Waals surface area contributed by atoms with Crippen LogP contribution in [0.4, 0.5) is 10.9 Å². The minimum Gasteiger partial charge on any atom is -0.313 e. The third-order valence-electron chi connectivity index (χ3n) is 4.19. The Morgan fingerprint density at radius 2 is 1.86 bits per heavy atom. The summed E-state index contributed by atoms with van der Waals surface area (Å²) in [4.78, 5) is 0. The van der Waals surface area contributed by atoms with Crippen LogP contribution >= 0.6 is 34.5 Å². The molecule has 10 heteroatoms. The van der Waals surface area contributed by atoms with Crippen molar-refractivity contribution >= 4 is 45.5 Å². The van der Waals surface area contributed by atoms with Crippen molar-refractivity contribution < 1.29 is 0 Å². The van der Waals surface area contributed by atoms with Gasteiger partial charge in [0.2, 0.25) is 5.13 Å². The molecule has 0 aliphatic carbocycles. The molecule has 0 saturated carbocycles.